The Labute approximate surface area is 212 Å². The Morgan fingerprint density at radius 2 is 1.00 bits per heavy atom. The van der Waals surface area contributed by atoms with Crippen molar-refractivity contribution in [1.82, 2.24) is 0 Å². The summed E-state index contributed by atoms with van der Waals surface area (Å²) in [6, 6.07) is 0.894. The summed E-state index contributed by atoms with van der Waals surface area (Å²) in [6.45, 7) is 8.61. The van der Waals surface area contributed by atoms with E-state index in [0.717, 1.165) is 0 Å². The van der Waals surface area contributed by atoms with Crippen molar-refractivity contribution in [2.24, 2.45) is 0 Å². The number of non-ortho nitro benzene ring substituents is 1. The monoisotopic (exact) mass is 511 g/mol. The lowest BCUT2D eigenvalue weighted by atomic mass is 10.2. The van der Waals surface area contributed by atoms with Crippen molar-refractivity contribution in [3.63, 3.8) is 0 Å². The molecule has 0 aliphatic carbocycles. The van der Waals surface area contributed by atoms with Gasteiger partial charge in [0.25, 0.3) is 11.4 Å². The van der Waals surface area contributed by atoms with Crippen LogP contribution in [0.15, 0.2) is 12.1 Å². The molecule has 1 N–H and O–H groups in total. The predicted molar refractivity (Wildman–Crippen MR) is 136 cm³/mol. The van der Waals surface area contributed by atoms with Crippen molar-refractivity contribution >= 4 is 17.1 Å². The van der Waals surface area contributed by atoms with Crippen LogP contribution in [0.4, 0.5) is 17.1 Å². The smallest absolute Gasteiger partial charge is 0.324 e. The number of nitro groups is 3. The molecule has 0 atom stereocenters. The van der Waals surface area contributed by atoms with Gasteiger partial charge in [0.2, 0.25) is 0 Å². The number of phenols is 1. The zero-order valence-electron chi connectivity index (χ0n) is 21.6. The van der Waals surface area contributed by atoms with Crippen molar-refractivity contribution in [3.05, 3.63) is 42.5 Å². The van der Waals surface area contributed by atoms with E-state index in [1.807, 2.05) is 0 Å². The van der Waals surface area contributed by atoms with E-state index in [1.54, 1.807) is 0 Å². The molecule has 36 heavy (non-hydrogen) atoms. The zero-order valence-corrected chi connectivity index (χ0v) is 21.6. The summed E-state index contributed by atoms with van der Waals surface area (Å²) >= 11 is 0. The van der Waals surface area contributed by atoms with Crippen molar-refractivity contribution in [2.75, 3.05) is 53.4 Å². The first-order valence-corrected chi connectivity index (χ1v) is 12.9. The van der Waals surface area contributed by atoms with Crippen LogP contribution in [0.5, 0.6) is 5.75 Å². The van der Waals surface area contributed by atoms with Gasteiger partial charge in [0, 0.05) is 12.8 Å². The first-order valence-electron chi connectivity index (χ1n) is 12.9. The van der Waals surface area contributed by atoms with Gasteiger partial charge in [-0.05, 0) is 51.4 Å². The second-order valence-corrected chi connectivity index (χ2v) is 10.7. The third-order valence-electron chi connectivity index (χ3n) is 7.60. The highest BCUT2D eigenvalue weighted by Gasteiger charge is 2.30. The highest BCUT2D eigenvalue weighted by molar-refractivity contribution is 5.64. The first-order chi connectivity index (χ1) is 17.0. The molecule has 0 radical (unpaired) electrons. The molecular weight excluding hydrogens is 470 g/mol. The molecule has 12 nitrogen and oxygen atoms in total. The molecule has 1 aromatic rings. The Hall–Kier alpha value is -2.86. The summed E-state index contributed by atoms with van der Waals surface area (Å²) in [5.74, 6) is -1.21. The number of quaternary nitrogens is 2. The van der Waals surface area contributed by atoms with Crippen molar-refractivity contribution < 1.29 is 28.8 Å². The summed E-state index contributed by atoms with van der Waals surface area (Å²) < 4.78 is 2.73. The molecule has 0 aromatic heterocycles. The SMILES string of the molecule is C[N+]1(CCCC[N+]2(C)CCCCCC2)CCCCCC1.O=[N+]([O-])c1cc([N+](=O)[O-])c(O)c([N+](=O)[O-])c1. The van der Waals surface area contributed by atoms with Gasteiger partial charge in [0.1, 0.15) is 0 Å². The third-order valence-corrected chi connectivity index (χ3v) is 7.60. The van der Waals surface area contributed by atoms with E-state index in [-0.39, 0.29) is 0 Å². The lowest BCUT2D eigenvalue weighted by molar-refractivity contribution is -0.915. The van der Waals surface area contributed by atoms with Crippen LogP contribution in [0.2, 0.25) is 0 Å². The van der Waals surface area contributed by atoms with Crippen molar-refractivity contribution in [3.8, 4) is 5.75 Å². The molecular formula is C24H41N5O7+2. The van der Waals surface area contributed by atoms with E-state index < -0.39 is 37.6 Å². The molecule has 202 valence electrons. The second-order valence-electron chi connectivity index (χ2n) is 10.7. The fourth-order valence-electron chi connectivity index (χ4n) is 5.31. The van der Waals surface area contributed by atoms with Crippen LogP contribution in [0.1, 0.15) is 64.2 Å². The number of nitrogens with zero attached hydrogens (tertiary/aromatic N) is 5. The summed E-state index contributed by atoms with van der Waals surface area (Å²) in [5, 5.41) is 40.2. The standard InChI is InChI=1S/C18H38N2.C6H3N3O7/c1-19(13-7-3-4-8-14-19)17-11-12-18-20(2)15-9-5-6-10-16-20;10-6-4(8(13)14)1-3(7(11)12)2-5(6)9(15)16/h3-18H2,1-2H3;1-2,10H/q+2;. The maximum atomic E-state index is 10.4. The molecule has 2 fully saturated rings. The molecule has 2 heterocycles. The second kappa shape index (κ2) is 13.4. The predicted octanol–water partition coefficient (Wildman–Crippen LogP) is 4.92. The highest BCUT2D eigenvalue weighted by Crippen LogP contribution is 2.39. The maximum absolute atomic E-state index is 10.4. The molecule has 3 rings (SSSR count). The number of likely N-dealkylation sites (tertiary alicyclic amines) is 2. The average molecular weight is 512 g/mol. The van der Waals surface area contributed by atoms with Crippen LogP contribution in [-0.4, -0.2) is 82.2 Å². The van der Waals surface area contributed by atoms with Crippen LogP contribution in [0, 0.1) is 30.3 Å². The quantitative estimate of drug-likeness (QED) is 0.225. The van der Waals surface area contributed by atoms with Crippen molar-refractivity contribution in [1.29, 1.82) is 0 Å². The van der Waals surface area contributed by atoms with Gasteiger partial charge >= 0.3 is 11.4 Å². The van der Waals surface area contributed by atoms with Crippen LogP contribution in [0.3, 0.4) is 0 Å². The Bertz CT molecular complexity index is 845. The molecule has 0 amide bonds. The highest BCUT2D eigenvalue weighted by atomic mass is 16.6. The Morgan fingerprint density at radius 1 is 0.667 bits per heavy atom. The van der Waals surface area contributed by atoms with Gasteiger partial charge in [-0.25, -0.2) is 0 Å². The minimum atomic E-state index is -1.21. The summed E-state index contributed by atoms with van der Waals surface area (Å²) in [5.41, 5.74) is -3.00. The van der Waals surface area contributed by atoms with Gasteiger partial charge < -0.3 is 14.1 Å². The van der Waals surface area contributed by atoms with Gasteiger partial charge in [-0.1, -0.05) is 0 Å². The number of phenolic OH excluding ortho intramolecular Hbond substituents is 1. The number of aromatic hydroxyl groups is 1. The third kappa shape index (κ3) is 8.98. The van der Waals surface area contributed by atoms with E-state index >= 15 is 0 Å². The molecule has 12 heteroatoms. The van der Waals surface area contributed by atoms with Gasteiger partial charge in [-0.2, -0.15) is 0 Å². The van der Waals surface area contributed by atoms with Crippen LogP contribution in [-0.2, 0) is 0 Å². The summed E-state index contributed by atoms with van der Waals surface area (Å²) in [6.07, 6.45) is 14.6. The Kier molecular flexibility index (Phi) is 11.0. The zero-order chi connectivity index (χ0) is 26.8. The first kappa shape index (κ1) is 29.4. The van der Waals surface area contributed by atoms with Gasteiger partial charge in [0.15, 0.2) is 0 Å². The molecule has 2 saturated heterocycles. The van der Waals surface area contributed by atoms with E-state index in [1.165, 1.54) is 112 Å². The molecule has 0 bridgehead atoms. The van der Waals surface area contributed by atoms with Gasteiger partial charge in [-0.3, -0.25) is 30.3 Å². The van der Waals surface area contributed by atoms with E-state index in [9.17, 15) is 30.3 Å². The van der Waals surface area contributed by atoms with Crippen LogP contribution in [0.25, 0.3) is 0 Å². The number of rotatable bonds is 8. The summed E-state index contributed by atoms with van der Waals surface area (Å²) in [4.78, 5) is 27.8. The van der Waals surface area contributed by atoms with E-state index in [4.69, 9.17) is 5.11 Å². The molecule has 2 aliphatic heterocycles. The molecule has 0 unspecified atom stereocenters. The number of benzene rings is 1. The molecule has 0 spiro atoms. The van der Waals surface area contributed by atoms with Crippen LogP contribution >= 0.6 is 0 Å². The fraction of sp³-hybridized carbons (Fsp3) is 0.750. The van der Waals surface area contributed by atoms with Gasteiger partial charge in [0.05, 0.1) is 80.3 Å². The number of hydrogen-bond acceptors (Lipinski definition) is 7. The normalized spacial score (nSPS) is 19.2. The fourth-order valence-corrected chi connectivity index (χ4v) is 5.31. The topological polar surface area (TPSA) is 150 Å². The molecule has 1 aromatic carbocycles. The van der Waals surface area contributed by atoms with E-state index in [2.05, 4.69) is 14.1 Å². The van der Waals surface area contributed by atoms with Crippen LogP contribution < -0.4 is 0 Å². The number of unbranched alkanes of at least 4 members (excludes halogenated alkanes) is 1. The number of hydrogen-bond donors (Lipinski definition) is 1. The average Bonchev–Trinajstić information content (AvgIpc) is 3.17. The number of nitro benzene ring substituents is 3. The molecule has 2 aliphatic rings. The van der Waals surface area contributed by atoms with E-state index in [0.29, 0.717) is 12.1 Å². The van der Waals surface area contributed by atoms with Gasteiger partial charge in [-0.15, -0.1) is 0 Å². The largest absolute Gasteiger partial charge is 0.497 e. The van der Waals surface area contributed by atoms with Crippen molar-refractivity contribution in [2.45, 2.75) is 64.2 Å². The molecule has 0 saturated carbocycles. The minimum Gasteiger partial charge on any atom is -0.497 e. The Morgan fingerprint density at radius 3 is 1.28 bits per heavy atom. The maximum Gasteiger partial charge on any atom is 0.324 e. The Balaban J connectivity index is 0.000000261. The summed E-state index contributed by atoms with van der Waals surface area (Å²) in [7, 11) is 5.01. The lowest BCUT2D eigenvalue weighted by Gasteiger charge is -2.35. The lowest BCUT2D eigenvalue weighted by Crippen LogP contribution is -2.47. The minimum absolute atomic E-state index is 0.447.